The molecule has 3 aromatic carbocycles. The molecule has 0 aromatic heterocycles. The number of carbonyl (C=O) groups excluding carboxylic acids is 3. The van der Waals surface area contributed by atoms with E-state index in [1.165, 1.54) is 7.05 Å². The molecule has 3 aliphatic heterocycles. The Balaban J connectivity index is 1.11. The number of rotatable bonds is 9. The highest BCUT2D eigenvalue weighted by molar-refractivity contribution is 6.42. The van der Waals surface area contributed by atoms with Gasteiger partial charge < -0.3 is 19.8 Å². The molecule has 1 N–H and O–H groups in total. The molecule has 4 atom stereocenters. The Morgan fingerprint density at radius 3 is 2.22 bits per heavy atom. The van der Waals surface area contributed by atoms with E-state index in [0.29, 0.717) is 67.7 Å². The minimum absolute atomic E-state index is 0.0127. The zero-order chi connectivity index (χ0) is 35.7. The first-order valence-electron chi connectivity index (χ1n) is 17.1. The van der Waals surface area contributed by atoms with Crippen LogP contribution in [0.2, 0.25) is 10.0 Å². The molecular formula is C38H43Cl2N5O5. The number of carbonyl (C=O) groups is 4. The average molecular weight is 721 g/mol. The van der Waals surface area contributed by atoms with Crippen molar-refractivity contribution in [1.82, 2.24) is 24.5 Å². The monoisotopic (exact) mass is 719 g/mol. The zero-order valence-corrected chi connectivity index (χ0v) is 30.1. The number of hydrogen-bond acceptors (Lipinski definition) is 5. The van der Waals surface area contributed by atoms with Crippen LogP contribution in [0.4, 0.5) is 4.79 Å². The standard InChI is InChI=1S/C38H43Cl2N5O5/c1-24-15-25(2)17-28(16-24)36(47)43-13-14-44(34(23-43)27-9-10-31(39)32(40)19-27)35(46)11-12-42-21-30-20-29(42)22-45(30)37(48)33(41(3)38(49)50)18-26-7-5-4-6-8-26/h4-10,15-17,19,29-30,33-34H,11-14,18,20-23H2,1-3H3,(H,49,50)/t29-,30-,33+,34-/m0/s1. The van der Waals surface area contributed by atoms with E-state index < -0.39 is 18.2 Å². The molecule has 0 saturated carbocycles. The highest BCUT2D eigenvalue weighted by Crippen LogP contribution is 2.34. The number of nitrogens with zero attached hydrogens (tertiary/aromatic N) is 5. The quantitative estimate of drug-likeness (QED) is 0.312. The summed E-state index contributed by atoms with van der Waals surface area (Å²) in [6.07, 6.45) is 0.245. The Labute approximate surface area is 303 Å². The summed E-state index contributed by atoms with van der Waals surface area (Å²) < 4.78 is 0. The molecule has 3 aliphatic rings. The van der Waals surface area contributed by atoms with E-state index >= 15 is 0 Å². The lowest BCUT2D eigenvalue weighted by molar-refractivity contribution is -0.139. The lowest BCUT2D eigenvalue weighted by Crippen LogP contribution is -2.56. The summed E-state index contributed by atoms with van der Waals surface area (Å²) in [7, 11) is 1.45. The fourth-order valence-electron chi connectivity index (χ4n) is 7.78. The molecule has 3 fully saturated rings. The summed E-state index contributed by atoms with van der Waals surface area (Å²) in [5.74, 6) is -0.261. The Morgan fingerprint density at radius 1 is 0.860 bits per heavy atom. The molecule has 0 spiro atoms. The highest BCUT2D eigenvalue weighted by atomic mass is 35.5. The van der Waals surface area contributed by atoms with Crippen LogP contribution in [0.15, 0.2) is 66.7 Å². The molecule has 264 valence electrons. The molecule has 0 unspecified atom stereocenters. The molecule has 50 heavy (non-hydrogen) atoms. The van der Waals surface area contributed by atoms with Gasteiger partial charge in [0.05, 0.1) is 16.1 Å². The van der Waals surface area contributed by atoms with Crippen LogP contribution in [0.25, 0.3) is 0 Å². The van der Waals surface area contributed by atoms with Crippen LogP contribution < -0.4 is 0 Å². The Morgan fingerprint density at radius 2 is 1.58 bits per heavy atom. The summed E-state index contributed by atoms with van der Waals surface area (Å²) in [4.78, 5) is 62.1. The molecule has 2 bridgehead atoms. The number of benzene rings is 3. The number of piperazine rings is 2. The van der Waals surface area contributed by atoms with Crippen LogP contribution in [0.3, 0.4) is 0 Å². The maximum Gasteiger partial charge on any atom is 0.407 e. The van der Waals surface area contributed by atoms with Gasteiger partial charge in [-0.1, -0.05) is 76.8 Å². The molecule has 0 aliphatic carbocycles. The van der Waals surface area contributed by atoms with Crippen LogP contribution in [-0.4, -0.2) is 118 Å². The SMILES string of the molecule is Cc1cc(C)cc(C(=O)N2CCN(C(=O)CCN3C[C@@H]4C[C@H]3CN4C(=O)[C@@H](Cc3ccccc3)N(C)C(=O)O)[C@H](c3ccc(Cl)c(Cl)c3)C2)c1. The minimum atomic E-state index is -1.14. The van der Waals surface area contributed by atoms with Crippen molar-refractivity contribution < 1.29 is 24.3 Å². The van der Waals surface area contributed by atoms with Crippen molar-refractivity contribution in [3.8, 4) is 0 Å². The van der Waals surface area contributed by atoms with Gasteiger partial charge in [-0.15, -0.1) is 0 Å². The number of carboxylic acid groups (broad SMARTS) is 1. The number of amides is 4. The zero-order valence-electron chi connectivity index (χ0n) is 28.6. The molecule has 3 aromatic rings. The fraction of sp³-hybridized carbons (Fsp3) is 0.421. The minimum Gasteiger partial charge on any atom is -0.465 e. The second kappa shape index (κ2) is 15.0. The molecule has 6 rings (SSSR count). The van der Waals surface area contributed by atoms with E-state index in [4.69, 9.17) is 23.2 Å². The molecule has 0 radical (unpaired) electrons. The summed E-state index contributed by atoms with van der Waals surface area (Å²) in [6.45, 7) is 6.75. The Kier molecular flexibility index (Phi) is 10.7. The van der Waals surface area contributed by atoms with Gasteiger partial charge >= 0.3 is 6.09 Å². The molecule has 10 nitrogen and oxygen atoms in total. The molecule has 4 amide bonds. The summed E-state index contributed by atoms with van der Waals surface area (Å²) in [5.41, 5.74) is 4.39. The fourth-order valence-corrected chi connectivity index (χ4v) is 8.09. The molecule has 12 heteroatoms. The largest absolute Gasteiger partial charge is 0.465 e. The van der Waals surface area contributed by atoms with E-state index in [-0.39, 0.29) is 29.8 Å². The number of likely N-dealkylation sites (N-methyl/N-ethyl adjacent to an activating group) is 1. The number of aryl methyl sites for hydroxylation is 2. The lowest BCUT2D eigenvalue weighted by atomic mass is 10.00. The van der Waals surface area contributed by atoms with Gasteiger partial charge in [0.1, 0.15) is 6.04 Å². The predicted molar refractivity (Wildman–Crippen MR) is 193 cm³/mol. The normalized spacial score (nSPS) is 21.0. The van der Waals surface area contributed by atoms with Crippen molar-refractivity contribution in [2.24, 2.45) is 0 Å². The number of fused-ring (bicyclic) bond motifs is 2. The third-order valence-corrected chi connectivity index (χ3v) is 11.1. The first-order chi connectivity index (χ1) is 23.9. The molecule has 3 heterocycles. The van der Waals surface area contributed by atoms with Gasteiger partial charge in [0.15, 0.2) is 0 Å². The number of likely N-dealkylation sites (tertiary alicyclic amines) is 2. The third-order valence-electron chi connectivity index (χ3n) is 10.4. The van der Waals surface area contributed by atoms with Crippen molar-refractivity contribution in [3.05, 3.63) is 105 Å². The van der Waals surface area contributed by atoms with Crippen molar-refractivity contribution in [2.45, 2.75) is 57.3 Å². The van der Waals surface area contributed by atoms with Crippen LogP contribution in [0.1, 0.15) is 51.5 Å². The van der Waals surface area contributed by atoms with Crippen molar-refractivity contribution in [1.29, 1.82) is 0 Å². The van der Waals surface area contributed by atoms with Crippen molar-refractivity contribution >= 4 is 47.0 Å². The maximum absolute atomic E-state index is 13.9. The van der Waals surface area contributed by atoms with E-state index in [1.54, 1.807) is 12.1 Å². The van der Waals surface area contributed by atoms with E-state index in [9.17, 15) is 24.3 Å². The first-order valence-corrected chi connectivity index (χ1v) is 17.8. The van der Waals surface area contributed by atoms with Crippen molar-refractivity contribution in [3.63, 3.8) is 0 Å². The number of halogens is 2. The van der Waals surface area contributed by atoms with Gasteiger partial charge in [-0.2, -0.15) is 0 Å². The molecular weight excluding hydrogens is 677 g/mol. The Hall–Kier alpha value is -4.12. The maximum atomic E-state index is 13.9. The van der Waals surface area contributed by atoms with Gasteiger partial charge in [0.25, 0.3) is 5.91 Å². The first kappa shape index (κ1) is 35.7. The highest BCUT2D eigenvalue weighted by Gasteiger charge is 2.47. The van der Waals surface area contributed by atoms with Gasteiger partial charge in [-0.05, 0) is 55.7 Å². The summed E-state index contributed by atoms with van der Waals surface area (Å²) in [5, 5.41) is 10.5. The lowest BCUT2D eigenvalue weighted by Gasteiger charge is -2.42. The van der Waals surface area contributed by atoms with Gasteiger partial charge in [-0.25, -0.2) is 4.79 Å². The summed E-state index contributed by atoms with van der Waals surface area (Å²) in [6, 6.07) is 19.5. The molecule has 3 saturated heterocycles. The van der Waals surface area contributed by atoms with Crippen molar-refractivity contribution in [2.75, 3.05) is 46.3 Å². The van der Waals surface area contributed by atoms with Crippen LogP contribution in [-0.2, 0) is 16.0 Å². The smallest absolute Gasteiger partial charge is 0.407 e. The van der Waals surface area contributed by atoms with Gasteiger partial charge in [0.2, 0.25) is 11.8 Å². The average Bonchev–Trinajstić information content (AvgIpc) is 3.71. The van der Waals surface area contributed by atoms with Crippen LogP contribution >= 0.6 is 23.2 Å². The van der Waals surface area contributed by atoms with Crippen LogP contribution in [0.5, 0.6) is 0 Å². The van der Waals surface area contributed by atoms with E-state index in [2.05, 4.69) is 4.90 Å². The van der Waals surface area contributed by atoms with Crippen LogP contribution in [0, 0.1) is 13.8 Å². The number of hydrogen-bond donors (Lipinski definition) is 1. The van der Waals surface area contributed by atoms with E-state index in [1.807, 2.05) is 83.1 Å². The van der Waals surface area contributed by atoms with E-state index in [0.717, 1.165) is 33.6 Å². The van der Waals surface area contributed by atoms with Gasteiger partial charge in [-0.3, -0.25) is 24.2 Å². The topological polar surface area (TPSA) is 105 Å². The second-order valence-corrected chi connectivity index (χ2v) is 14.6. The Bertz CT molecular complexity index is 1750. The summed E-state index contributed by atoms with van der Waals surface area (Å²) >= 11 is 12.7. The van der Waals surface area contributed by atoms with Gasteiger partial charge in [0, 0.05) is 76.8 Å². The second-order valence-electron chi connectivity index (χ2n) is 13.8. The third kappa shape index (κ3) is 7.62. The predicted octanol–water partition coefficient (Wildman–Crippen LogP) is 5.53.